The van der Waals surface area contributed by atoms with Crippen LogP contribution in [-0.4, -0.2) is 23.9 Å². The highest BCUT2D eigenvalue weighted by atomic mass is 16.2. The highest BCUT2D eigenvalue weighted by Gasteiger charge is 2.43. The molecule has 0 aromatic heterocycles. The van der Waals surface area contributed by atoms with Crippen LogP contribution in [0.25, 0.3) is 0 Å². The van der Waals surface area contributed by atoms with Gasteiger partial charge in [0.2, 0.25) is 5.91 Å². The van der Waals surface area contributed by atoms with Crippen LogP contribution in [0.2, 0.25) is 0 Å². The van der Waals surface area contributed by atoms with E-state index in [1.807, 2.05) is 11.9 Å². The Morgan fingerprint density at radius 3 is 2.92 bits per heavy atom. The quantitative estimate of drug-likeness (QED) is 0.497. The lowest BCUT2D eigenvalue weighted by Crippen LogP contribution is -2.40. The molecule has 2 aliphatic rings. The molecule has 1 saturated heterocycles. The molecule has 0 radical (unpaired) electrons. The Morgan fingerprint density at radius 2 is 2.25 bits per heavy atom. The van der Waals surface area contributed by atoms with Crippen molar-refractivity contribution in [3.63, 3.8) is 0 Å². The van der Waals surface area contributed by atoms with Gasteiger partial charge in [0.05, 0.1) is 6.04 Å². The topological polar surface area (TPSA) is 20.3 Å². The molecule has 1 aliphatic carbocycles. The van der Waals surface area contributed by atoms with Crippen molar-refractivity contribution in [2.75, 3.05) is 7.05 Å². The molecule has 66 valence electrons. The first-order valence-electron chi connectivity index (χ1n) is 4.55. The molecule has 2 bridgehead atoms. The third-order valence-electron chi connectivity index (χ3n) is 3.44. The number of likely N-dealkylation sites (N-methyl/N-ethyl adjacent to an activating group) is 1. The minimum absolute atomic E-state index is 0.293. The van der Waals surface area contributed by atoms with Crippen LogP contribution in [0.4, 0.5) is 0 Å². The lowest BCUT2D eigenvalue weighted by Gasteiger charge is -2.31. The normalized spacial score (nSPS) is 40.8. The first-order chi connectivity index (χ1) is 5.61. The van der Waals surface area contributed by atoms with E-state index in [0.717, 1.165) is 6.42 Å². The zero-order chi connectivity index (χ0) is 8.88. The molecule has 0 unspecified atom stereocenters. The minimum Gasteiger partial charge on any atom is -0.339 e. The molecule has 2 rings (SSSR count). The summed E-state index contributed by atoms with van der Waals surface area (Å²) in [7, 11) is 1.90. The number of hydrogen-bond donors (Lipinski definition) is 0. The van der Waals surface area contributed by atoms with E-state index in [1.165, 1.54) is 5.57 Å². The summed E-state index contributed by atoms with van der Waals surface area (Å²) in [5, 5.41) is 0. The Labute approximate surface area is 73.2 Å². The van der Waals surface area contributed by atoms with E-state index in [2.05, 4.69) is 13.5 Å². The number of carbonyl (C=O) groups excluding carboxylic acids is 1. The lowest BCUT2D eigenvalue weighted by molar-refractivity contribution is -0.132. The number of amides is 1. The van der Waals surface area contributed by atoms with Crippen molar-refractivity contribution in [2.45, 2.75) is 25.8 Å². The van der Waals surface area contributed by atoms with Crippen LogP contribution in [0.1, 0.15) is 19.8 Å². The van der Waals surface area contributed by atoms with Gasteiger partial charge in [-0.3, -0.25) is 4.79 Å². The molecule has 1 aliphatic heterocycles. The van der Waals surface area contributed by atoms with Gasteiger partial charge in [0.1, 0.15) is 0 Å². The van der Waals surface area contributed by atoms with Crippen molar-refractivity contribution in [2.24, 2.45) is 11.8 Å². The van der Waals surface area contributed by atoms with Crippen LogP contribution >= 0.6 is 0 Å². The van der Waals surface area contributed by atoms with E-state index < -0.39 is 0 Å². The summed E-state index contributed by atoms with van der Waals surface area (Å²) >= 11 is 0. The van der Waals surface area contributed by atoms with Crippen LogP contribution in [0.5, 0.6) is 0 Å². The molecule has 0 aromatic carbocycles. The van der Waals surface area contributed by atoms with Crippen molar-refractivity contribution in [1.82, 2.24) is 4.90 Å². The van der Waals surface area contributed by atoms with Crippen molar-refractivity contribution in [3.05, 3.63) is 12.2 Å². The number of rotatable bonds is 0. The third kappa shape index (κ3) is 0.838. The Hall–Kier alpha value is -0.790. The molecule has 12 heavy (non-hydrogen) atoms. The second-order valence-electron chi connectivity index (χ2n) is 4.12. The maximum Gasteiger partial charge on any atom is 0.223 e. The number of likely N-dealkylation sites (tertiary alicyclic amines) is 1. The van der Waals surface area contributed by atoms with Gasteiger partial charge >= 0.3 is 0 Å². The summed E-state index contributed by atoms with van der Waals surface area (Å²) in [5.74, 6) is 1.41. The molecule has 2 nitrogen and oxygen atoms in total. The fraction of sp³-hybridized carbons (Fsp3) is 0.700. The molecule has 2 fully saturated rings. The van der Waals surface area contributed by atoms with E-state index in [4.69, 9.17) is 0 Å². The Morgan fingerprint density at radius 1 is 1.58 bits per heavy atom. The highest BCUT2D eigenvalue weighted by Crippen LogP contribution is 2.43. The number of piperidine rings is 1. The van der Waals surface area contributed by atoms with Gasteiger partial charge in [0.15, 0.2) is 0 Å². The second-order valence-corrected chi connectivity index (χ2v) is 4.12. The Balaban J connectivity index is 2.31. The average molecular weight is 165 g/mol. The van der Waals surface area contributed by atoms with Gasteiger partial charge in [-0.1, -0.05) is 19.1 Å². The highest BCUT2D eigenvalue weighted by molar-refractivity contribution is 5.79. The second kappa shape index (κ2) is 2.35. The van der Waals surface area contributed by atoms with E-state index in [0.29, 0.717) is 30.2 Å². The third-order valence-corrected chi connectivity index (χ3v) is 3.44. The number of fused-ring (bicyclic) bond motifs is 2. The van der Waals surface area contributed by atoms with Crippen molar-refractivity contribution < 1.29 is 4.79 Å². The standard InChI is InChI=1S/C10H15NO/c1-6-4-9-7(2)8(6)5-10(12)11(9)3/h6,8-9H,2,4-5H2,1,3H3/t6-,8+,9-/m1/s1. The van der Waals surface area contributed by atoms with E-state index in [1.54, 1.807) is 0 Å². The summed E-state index contributed by atoms with van der Waals surface area (Å²) < 4.78 is 0. The zero-order valence-corrected chi connectivity index (χ0v) is 7.71. The maximum absolute atomic E-state index is 11.4. The van der Waals surface area contributed by atoms with Gasteiger partial charge in [-0.25, -0.2) is 0 Å². The summed E-state index contributed by atoms with van der Waals surface area (Å²) in [5.41, 5.74) is 1.28. The van der Waals surface area contributed by atoms with Crippen molar-refractivity contribution >= 4 is 5.91 Å². The molecule has 0 aromatic rings. The monoisotopic (exact) mass is 165 g/mol. The Bertz CT molecular complexity index is 246. The predicted molar refractivity (Wildman–Crippen MR) is 47.6 cm³/mol. The van der Waals surface area contributed by atoms with Gasteiger partial charge in [0, 0.05) is 13.5 Å². The SMILES string of the molecule is C=C1[C@H]2CC(=O)N(C)[C@@H]1C[C@H]2C. The summed E-state index contributed by atoms with van der Waals surface area (Å²) in [6.07, 6.45) is 1.80. The van der Waals surface area contributed by atoms with Crippen LogP contribution in [-0.2, 0) is 4.79 Å². The lowest BCUT2D eigenvalue weighted by atomic mass is 9.89. The smallest absolute Gasteiger partial charge is 0.223 e. The number of nitrogens with zero attached hydrogens (tertiary/aromatic N) is 1. The molecule has 1 saturated carbocycles. The maximum atomic E-state index is 11.4. The van der Waals surface area contributed by atoms with Gasteiger partial charge in [0.25, 0.3) is 0 Å². The molecule has 2 heteroatoms. The molecule has 0 spiro atoms. The number of carbonyl (C=O) groups is 1. The van der Waals surface area contributed by atoms with E-state index in [-0.39, 0.29) is 0 Å². The Kier molecular flexibility index (Phi) is 1.53. The molecular weight excluding hydrogens is 150 g/mol. The molecular formula is C10H15NO. The van der Waals surface area contributed by atoms with E-state index >= 15 is 0 Å². The van der Waals surface area contributed by atoms with Gasteiger partial charge in [-0.2, -0.15) is 0 Å². The van der Waals surface area contributed by atoms with Crippen LogP contribution in [0.15, 0.2) is 12.2 Å². The van der Waals surface area contributed by atoms with Gasteiger partial charge in [-0.15, -0.1) is 0 Å². The van der Waals surface area contributed by atoms with Crippen LogP contribution in [0, 0.1) is 11.8 Å². The fourth-order valence-corrected chi connectivity index (χ4v) is 2.53. The van der Waals surface area contributed by atoms with Crippen molar-refractivity contribution in [3.8, 4) is 0 Å². The van der Waals surface area contributed by atoms with E-state index in [9.17, 15) is 4.79 Å². The first kappa shape index (κ1) is 7.84. The molecule has 1 amide bonds. The molecule has 3 atom stereocenters. The fourth-order valence-electron chi connectivity index (χ4n) is 2.53. The summed E-state index contributed by atoms with van der Waals surface area (Å²) in [6, 6.07) is 0.339. The van der Waals surface area contributed by atoms with Gasteiger partial charge < -0.3 is 4.90 Å². The summed E-state index contributed by atoms with van der Waals surface area (Å²) in [4.78, 5) is 13.3. The van der Waals surface area contributed by atoms with Crippen LogP contribution < -0.4 is 0 Å². The molecule has 0 N–H and O–H groups in total. The number of hydrogen-bond acceptors (Lipinski definition) is 1. The minimum atomic E-state index is 0.293. The van der Waals surface area contributed by atoms with Gasteiger partial charge in [-0.05, 0) is 18.3 Å². The van der Waals surface area contributed by atoms with Crippen LogP contribution in [0.3, 0.4) is 0 Å². The molecule has 1 heterocycles. The predicted octanol–water partition coefficient (Wildman–Crippen LogP) is 1.43. The zero-order valence-electron chi connectivity index (χ0n) is 7.71. The largest absolute Gasteiger partial charge is 0.339 e. The summed E-state index contributed by atoms with van der Waals surface area (Å²) in [6.45, 7) is 6.30. The van der Waals surface area contributed by atoms with Crippen molar-refractivity contribution in [1.29, 1.82) is 0 Å². The first-order valence-corrected chi connectivity index (χ1v) is 4.55. The average Bonchev–Trinajstić information content (AvgIpc) is 2.23.